The highest BCUT2D eigenvalue weighted by molar-refractivity contribution is 9.10. The van der Waals surface area contributed by atoms with Crippen LogP contribution in [0.5, 0.6) is 0 Å². The van der Waals surface area contributed by atoms with Crippen LogP contribution in [0.25, 0.3) is 0 Å². The molecule has 0 aliphatic heterocycles. The molecule has 0 bridgehead atoms. The summed E-state index contributed by atoms with van der Waals surface area (Å²) in [5.74, 6) is 0. The summed E-state index contributed by atoms with van der Waals surface area (Å²) in [5, 5.41) is 1.75. The van der Waals surface area contributed by atoms with Crippen molar-refractivity contribution in [2.24, 2.45) is 0 Å². The molecule has 0 fully saturated rings. The van der Waals surface area contributed by atoms with Crippen molar-refractivity contribution < 1.29 is 8.42 Å². The first kappa shape index (κ1) is 12.6. The molecule has 0 unspecified atom stereocenters. The number of anilines is 1. The lowest BCUT2D eigenvalue weighted by Gasteiger charge is -2.18. The number of halogens is 1. The molecule has 0 radical (unpaired) electrons. The maximum absolute atomic E-state index is 12.2. The second-order valence-corrected chi connectivity index (χ2v) is 7.44. The third kappa shape index (κ3) is 2.53. The summed E-state index contributed by atoms with van der Waals surface area (Å²) >= 11 is 4.53. The molecule has 6 heteroatoms. The van der Waals surface area contributed by atoms with E-state index in [1.165, 1.54) is 15.6 Å². The van der Waals surface area contributed by atoms with Gasteiger partial charge in [0.25, 0.3) is 10.0 Å². The standard InChI is InChI=1S/C11H10BrNO2S2/c1-13(10-6-4-9(12)5-7-10)17(14,15)11-3-2-8-16-11/h2-8H,1H3. The van der Waals surface area contributed by atoms with Gasteiger partial charge in [0.05, 0.1) is 5.69 Å². The lowest BCUT2D eigenvalue weighted by molar-refractivity contribution is 0.596. The fourth-order valence-electron chi connectivity index (χ4n) is 1.34. The van der Waals surface area contributed by atoms with E-state index in [-0.39, 0.29) is 0 Å². The van der Waals surface area contributed by atoms with E-state index in [2.05, 4.69) is 15.9 Å². The fraction of sp³-hybridized carbons (Fsp3) is 0.0909. The summed E-state index contributed by atoms with van der Waals surface area (Å²) in [7, 11) is -1.87. The van der Waals surface area contributed by atoms with Gasteiger partial charge in [-0.1, -0.05) is 22.0 Å². The highest BCUT2D eigenvalue weighted by Crippen LogP contribution is 2.25. The highest BCUT2D eigenvalue weighted by atomic mass is 79.9. The normalized spacial score (nSPS) is 11.4. The van der Waals surface area contributed by atoms with Gasteiger partial charge in [-0.3, -0.25) is 4.31 Å². The molecule has 0 saturated carbocycles. The zero-order valence-electron chi connectivity index (χ0n) is 9.00. The molecular formula is C11H10BrNO2S2. The van der Waals surface area contributed by atoms with E-state index in [0.29, 0.717) is 9.90 Å². The first-order valence-corrected chi connectivity index (χ1v) is 7.91. The number of hydrogen-bond acceptors (Lipinski definition) is 3. The molecule has 1 heterocycles. The summed E-state index contributed by atoms with van der Waals surface area (Å²) in [6.07, 6.45) is 0. The Balaban J connectivity index is 2.38. The summed E-state index contributed by atoms with van der Waals surface area (Å²) in [4.78, 5) is 0. The number of thiophene rings is 1. The number of sulfonamides is 1. The van der Waals surface area contributed by atoms with E-state index < -0.39 is 10.0 Å². The fourth-order valence-corrected chi connectivity index (χ4v) is 3.96. The molecule has 0 aliphatic rings. The molecule has 17 heavy (non-hydrogen) atoms. The number of nitrogens with zero attached hydrogens (tertiary/aromatic N) is 1. The van der Waals surface area contributed by atoms with Gasteiger partial charge in [-0.25, -0.2) is 8.42 Å². The summed E-state index contributed by atoms with van der Waals surface area (Å²) in [6.45, 7) is 0. The lowest BCUT2D eigenvalue weighted by atomic mass is 10.3. The van der Waals surface area contributed by atoms with Crippen molar-refractivity contribution >= 4 is 43.0 Å². The van der Waals surface area contributed by atoms with Crippen molar-refractivity contribution in [2.75, 3.05) is 11.4 Å². The zero-order valence-corrected chi connectivity index (χ0v) is 12.2. The van der Waals surface area contributed by atoms with E-state index in [1.54, 1.807) is 36.7 Å². The summed E-state index contributed by atoms with van der Waals surface area (Å²) in [5.41, 5.74) is 0.640. The van der Waals surface area contributed by atoms with Gasteiger partial charge in [0, 0.05) is 11.5 Å². The second-order valence-electron chi connectivity index (χ2n) is 3.38. The Morgan fingerprint density at radius 3 is 2.35 bits per heavy atom. The van der Waals surface area contributed by atoms with Crippen LogP contribution in [-0.4, -0.2) is 15.5 Å². The Morgan fingerprint density at radius 1 is 1.18 bits per heavy atom. The van der Waals surface area contributed by atoms with Crippen molar-refractivity contribution in [2.45, 2.75) is 4.21 Å². The zero-order chi connectivity index (χ0) is 12.5. The minimum Gasteiger partial charge on any atom is -0.269 e. The Bertz CT molecular complexity index is 591. The van der Waals surface area contributed by atoms with Crippen molar-refractivity contribution in [1.29, 1.82) is 0 Å². The van der Waals surface area contributed by atoms with Gasteiger partial charge in [0.2, 0.25) is 0 Å². The minimum absolute atomic E-state index is 0.350. The molecule has 0 amide bonds. The predicted molar refractivity (Wildman–Crippen MR) is 74.0 cm³/mol. The van der Waals surface area contributed by atoms with E-state index >= 15 is 0 Å². The highest BCUT2D eigenvalue weighted by Gasteiger charge is 2.21. The first-order chi connectivity index (χ1) is 8.01. The molecule has 2 rings (SSSR count). The molecule has 0 spiro atoms. The van der Waals surface area contributed by atoms with E-state index in [9.17, 15) is 8.42 Å². The topological polar surface area (TPSA) is 37.4 Å². The van der Waals surface area contributed by atoms with Crippen LogP contribution in [-0.2, 0) is 10.0 Å². The Morgan fingerprint density at radius 2 is 1.82 bits per heavy atom. The average Bonchev–Trinajstić information content (AvgIpc) is 2.83. The van der Waals surface area contributed by atoms with Gasteiger partial charge >= 0.3 is 0 Å². The van der Waals surface area contributed by atoms with Crippen LogP contribution in [0.15, 0.2) is 50.5 Å². The van der Waals surface area contributed by atoms with Gasteiger partial charge in [-0.15, -0.1) is 11.3 Å². The van der Waals surface area contributed by atoms with Gasteiger partial charge in [-0.2, -0.15) is 0 Å². The van der Waals surface area contributed by atoms with E-state index in [0.717, 1.165) is 4.47 Å². The van der Waals surface area contributed by atoms with Crippen LogP contribution < -0.4 is 4.31 Å². The maximum atomic E-state index is 12.2. The number of hydrogen-bond donors (Lipinski definition) is 0. The molecule has 0 aliphatic carbocycles. The lowest BCUT2D eigenvalue weighted by Crippen LogP contribution is -2.25. The number of rotatable bonds is 3. The Labute approximate surface area is 113 Å². The second kappa shape index (κ2) is 4.80. The van der Waals surface area contributed by atoms with E-state index in [1.807, 2.05) is 12.1 Å². The van der Waals surface area contributed by atoms with Crippen LogP contribution in [0, 0.1) is 0 Å². The largest absolute Gasteiger partial charge is 0.273 e. The van der Waals surface area contributed by atoms with Crippen molar-refractivity contribution in [3.63, 3.8) is 0 Å². The average molecular weight is 332 g/mol. The smallest absolute Gasteiger partial charge is 0.269 e. The van der Waals surface area contributed by atoms with Crippen LogP contribution >= 0.6 is 27.3 Å². The van der Waals surface area contributed by atoms with Crippen molar-refractivity contribution in [3.05, 3.63) is 46.3 Å². The molecular weight excluding hydrogens is 322 g/mol. The van der Waals surface area contributed by atoms with Crippen LogP contribution in [0.1, 0.15) is 0 Å². The third-order valence-electron chi connectivity index (χ3n) is 2.30. The van der Waals surface area contributed by atoms with Crippen molar-refractivity contribution in [1.82, 2.24) is 0 Å². The monoisotopic (exact) mass is 331 g/mol. The van der Waals surface area contributed by atoms with Crippen molar-refractivity contribution in [3.8, 4) is 0 Å². The number of benzene rings is 1. The molecule has 1 aromatic carbocycles. The third-order valence-corrected chi connectivity index (χ3v) is 5.99. The summed E-state index contributed by atoms with van der Waals surface area (Å²) < 4.78 is 27.0. The van der Waals surface area contributed by atoms with Gasteiger partial charge in [0.15, 0.2) is 0 Å². The van der Waals surface area contributed by atoms with Crippen LogP contribution in [0.4, 0.5) is 5.69 Å². The molecule has 0 N–H and O–H groups in total. The molecule has 1 aromatic heterocycles. The molecule has 0 saturated heterocycles. The predicted octanol–water partition coefficient (Wildman–Crippen LogP) is 3.34. The minimum atomic E-state index is -3.43. The van der Waals surface area contributed by atoms with E-state index in [4.69, 9.17) is 0 Å². The Kier molecular flexibility index (Phi) is 3.56. The quantitative estimate of drug-likeness (QED) is 0.865. The van der Waals surface area contributed by atoms with Gasteiger partial charge < -0.3 is 0 Å². The molecule has 0 atom stereocenters. The van der Waals surface area contributed by atoms with Crippen LogP contribution in [0.2, 0.25) is 0 Å². The SMILES string of the molecule is CN(c1ccc(Br)cc1)S(=O)(=O)c1cccs1. The summed E-state index contributed by atoms with van der Waals surface area (Å²) in [6, 6.07) is 10.5. The first-order valence-electron chi connectivity index (χ1n) is 4.80. The Hall–Kier alpha value is -0.850. The molecule has 3 nitrogen and oxygen atoms in total. The maximum Gasteiger partial charge on any atom is 0.273 e. The molecule has 90 valence electrons. The van der Waals surface area contributed by atoms with Gasteiger partial charge in [0.1, 0.15) is 4.21 Å². The van der Waals surface area contributed by atoms with Crippen LogP contribution in [0.3, 0.4) is 0 Å². The van der Waals surface area contributed by atoms with Gasteiger partial charge in [-0.05, 0) is 35.7 Å². The molecule has 2 aromatic rings.